The summed E-state index contributed by atoms with van der Waals surface area (Å²) < 4.78 is 0. The molecule has 0 radical (unpaired) electrons. The molecule has 7 heteroatoms. The molecule has 0 bridgehead atoms. The van der Waals surface area contributed by atoms with E-state index in [9.17, 15) is 14.4 Å². The molecule has 1 aromatic carbocycles. The lowest BCUT2D eigenvalue weighted by atomic mass is 9.99. The smallest absolute Gasteiger partial charge is 0.314 e. The van der Waals surface area contributed by atoms with E-state index in [2.05, 4.69) is 20.6 Å². The summed E-state index contributed by atoms with van der Waals surface area (Å²) in [5.74, 6) is 0.342. The lowest BCUT2D eigenvalue weighted by Crippen LogP contribution is -2.43. The number of hydrogen-bond donors (Lipinski definition) is 4. The highest BCUT2D eigenvalue weighted by Crippen LogP contribution is 2.15. The van der Waals surface area contributed by atoms with Crippen LogP contribution in [0.4, 0.5) is 5.69 Å². The summed E-state index contributed by atoms with van der Waals surface area (Å²) in [6.45, 7) is 1.75. The number of fused-ring (bicyclic) bond motifs is 1. The van der Waals surface area contributed by atoms with Crippen LogP contribution >= 0.6 is 0 Å². The first-order valence-electron chi connectivity index (χ1n) is 6.39. The Labute approximate surface area is 113 Å². The number of amides is 1. The van der Waals surface area contributed by atoms with Gasteiger partial charge in [0.15, 0.2) is 0 Å². The molecule has 3 rings (SSSR count). The molecule has 7 nitrogen and oxygen atoms in total. The number of hydrogen-bond acceptors (Lipinski definition) is 4. The van der Waals surface area contributed by atoms with E-state index >= 15 is 0 Å². The Morgan fingerprint density at radius 1 is 1.15 bits per heavy atom. The van der Waals surface area contributed by atoms with E-state index in [4.69, 9.17) is 0 Å². The zero-order valence-electron chi connectivity index (χ0n) is 10.7. The Bertz CT molecular complexity index is 773. The summed E-state index contributed by atoms with van der Waals surface area (Å²) in [6.07, 6.45) is 0.479. The van der Waals surface area contributed by atoms with Crippen LogP contribution in [0.25, 0.3) is 11.0 Å². The van der Waals surface area contributed by atoms with Crippen molar-refractivity contribution in [1.29, 1.82) is 0 Å². The van der Waals surface area contributed by atoms with Crippen LogP contribution in [-0.2, 0) is 4.79 Å². The highest BCUT2D eigenvalue weighted by molar-refractivity contribution is 5.93. The molecule has 1 aliphatic heterocycles. The van der Waals surface area contributed by atoms with E-state index in [-0.39, 0.29) is 5.91 Å². The number of anilines is 1. The molecule has 1 amide bonds. The van der Waals surface area contributed by atoms with Crippen LogP contribution < -0.4 is 21.8 Å². The minimum atomic E-state index is -0.707. The van der Waals surface area contributed by atoms with Crippen LogP contribution in [0.15, 0.2) is 27.8 Å². The molecular weight excluding hydrogens is 260 g/mol. The van der Waals surface area contributed by atoms with Crippen molar-refractivity contribution in [1.82, 2.24) is 15.3 Å². The van der Waals surface area contributed by atoms with E-state index in [1.54, 1.807) is 18.2 Å². The fourth-order valence-electron chi connectivity index (χ4n) is 2.16. The van der Waals surface area contributed by atoms with Crippen molar-refractivity contribution < 1.29 is 4.79 Å². The molecule has 1 saturated heterocycles. The predicted octanol–water partition coefficient (Wildman–Crippen LogP) is -0.236. The number of aromatic nitrogens is 2. The van der Waals surface area contributed by atoms with Crippen molar-refractivity contribution in [3.05, 3.63) is 38.9 Å². The predicted molar refractivity (Wildman–Crippen MR) is 74.8 cm³/mol. The highest BCUT2D eigenvalue weighted by atomic mass is 16.2. The van der Waals surface area contributed by atoms with E-state index in [1.807, 2.05) is 0 Å². The van der Waals surface area contributed by atoms with Crippen LogP contribution in [0.2, 0.25) is 0 Å². The average molecular weight is 274 g/mol. The van der Waals surface area contributed by atoms with Crippen molar-refractivity contribution in [2.24, 2.45) is 5.92 Å². The minimum Gasteiger partial charge on any atom is -0.326 e. The normalized spacial score (nSPS) is 15.0. The van der Waals surface area contributed by atoms with Crippen LogP contribution in [0.3, 0.4) is 0 Å². The van der Waals surface area contributed by atoms with Gasteiger partial charge in [-0.2, -0.15) is 0 Å². The van der Waals surface area contributed by atoms with Crippen molar-refractivity contribution in [2.75, 3.05) is 18.4 Å². The maximum atomic E-state index is 11.8. The van der Waals surface area contributed by atoms with Crippen molar-refractivity contribution in [3.8, 4) is 0 Å². The van der Waals surface area contributed by atoms with Crippen LogP contribution in [0.1, 0.15) is 6.42 Å². The maximum absolute atomic E-state index is 11.8. The Kier molecular flexibility index (Phi) is 3.11. The topological polar surface area (TPSA) is 107 Å². The van der Waals surface area contributed by atoms with Gasteiger partial charge in [-0.25, -0.2) is 0 Å². The summed E-state index contributed by atoms with van der Waals surface area (Å²) in [4.78, 5) is 39.2. The molecule has 1 fully saturated rings. The number of carbonyl (C=O) groups excluding carboxylic acids is 1. The number of carbonyl (C=O) groups is 1. The zero-order valence-corrected chi connectivity index (χ0v) is 10.7. The van der Waals surface area contributed by atoms with Gasteiger partial charge in [0.2, 0.25) is 5.91 Å². The fraction of sp³-hybridized carbons (Fsp3) is 0.308. The molecule has 1 aliphatic rings. The molecule has 1 aromatic heterocycles. The molecule has 20 heavy (non-hydrogen) atoms. The van der Waals surface area contributed by atoms with Gasteiger partial charge in [0.25, 0.3) is 0 Å². The second kappa shape index (κ2) is 4.93. The summed E-state index contributed by atoms with van der Waals surface area (Å²) in [6, 6.07) is 4.96. The molecule has 0 unspecified atom stereocenters. The SMILES string of the molecule is O=C(CC1CNC1)Nc1ccc2[nH]c(=O)c(=O)[nH]c2c1. The monoisotopic (exact) mass is 274 g/mol. The Morgan fingerprint density at radius 3 is 2.50 bits per heavy atom. The van der Waals surface area contributed by atoms with E-state index in [1.165, 1.54) is 0 Å². The van der Waals surface area contributed by atoms with Gasteiger partial charge in [0, 0.05) is 12.1 Å². The van der Waals surface area contributed by atoms with Crippen LogP contribution in [0, 0.1) is 5.92 Å². The first-order valence-corrected chi connectivity index (χ1v) is 6.39. The van der Waals surface area contributed by atoms with Crippen molar-refractivity contribution in [2.45, 2.75) is 6.42 Å². The Hall–Kier alpha value is -2.41. The molecule has 2 heterocycles. The van der Waals surface area contributed by atoms with E-state index in [0.29, 0.717) is 29.1 Å². The van der Waals surface area contributed by atoms with Crippen molar-refractivity contribution >= 4 is 22.6 Å². The summed E-state index contributed by atoms with van der Waals surface area (Å²) in [7, 11) is 0. The maximum Gasteiger partial charge on any atom is 0.314 e. The number of H-pyrrole nitrogens is 2. The number of benzene rings is 1. The number of nitrogens with one attached hydrogen (secondary N) is 4. The van der Waals surface area contributed by atoms with Crippen molar-refractivity contribution in [3.63, 3.8) is 0 Å². The van der Waals surface area contributed by atoms with Gasteiger partial charge in [-0.1, -0.05) is 0 Å². The largest absolute Gasteiger partial charge is 0.326 e. The first-order chi connectivity index (χ1) is 9.61. The van der Waals surface area contributed by atoms with E-state index in [0.717, 1.165) is 13.1 Å². The third-order valence-electron chi connectivity index (χ3n) is 3.35. The number of aromatic amines is 2. The Balaban J connectivity index is 1.81. The average Bonchev–Trinajstić information content (AvgIpc) is 2.36. The van der Waals surface area contributed by atoms with Gasteiger partial charge in [-0.3, -0.25) is 14.4 Å². The molecular formula is C13H14N4O3. The third kappa shape index (κ3) is 2.48. The fourth-order valence-corrected chi connectivity index (χ4v) is 2.16. The lowest BCUT2D eigenvalue weighted by Gasteiger charge is -2.26. The molecule has 0 spiro atoms. The van der Waals surface area contributed by atoms with Gasteiger partial charge >= 0.3 is 11.1 Å². The molecule has 2 aromatic rings. The van der Waals surface area contributed by atoms with Gasteiger partial charge in [0.05, 0.1) is 11.0 Å². The van der Waals surface area contributed by atoms with E-state index < -0.39 is 11.1 Å². The molecule has 0 aliphatic carbocycles. The molecule has 0 saturated carbocycles. The first kappa shape index (κ1) is 12.6. The number of rotatable bonds is 3. The summed E-state index contributed by atoms with van der Waals surface area (Å²) >= 11 is 0. The Morgan fingerprint density at radius 2 is 1.85 bits per heavy atom. The van der Waals surface area contributed by atoms with Gasteiger partial charge in [-0.15, -0.1) is 0 Å². The summed E-state index contributed by atoms with van der Waals surface area (Å²) in [5.41, 5.74) is 0.208. The quantitative estimate of drug-likeness (QED) is 0.580. The van der Waals surface area contributed by atoms with Gasteiger partial charge in [-0.05, 0) is 37.2 Å². The molecule has 104 valence electrons. The zero-order chi connectivity index (χ0) is 14.1. The summed E-state index contributed by atoms with van der Waals surface area (Å²) in [5, 5.41) is 5.90. The third-order valence-corrected chi connectivity index (χ3v) is 3.35. The van der Waals surface area contributed by atoms with Gasteiger partial charge < -0.3 is 20.6 Å². The highest BCUT2D eigenvalue weighted by Gasteiger charge is 2.20. The minimum absolute atomic E-state index is 0.0531. The van der Waals surface area contributed by atoms with Gasteiger partial charge in [0.1, 0.15) is 0 Å². The molecule has 0 atom stereocenters. The lowest BCUT2D eigenvalue weighted by molar-refractivity contribution is -0.117. The standard InChI is InChI=1S/C13H14N4O3/c18-11(3-7-5-14-6-7)15-8-1-2-9-10(4-8)17-13(20)12(19)16-9/h1-2,4,7,14H,3,5-6H2,(H,15,18)(H,16,19)(H,17,20). The van der Waals surface area contributed by atoms with Crippen LogP contribution in [-0.4, -0.2) is 29.0 Å². The second-order valence-electron chi connectivity index (χ2n) is 4.95. The molecule has 4 N–H and O–H groups in total. The van der Waals surface area contributed by atoms with Crippen LogP contribution in [0.5, 0.6) is 0 Å². The second-order valence-corrected chi connectivity index (χ2v) is 4.95.